The lowest BCUT2D eigenvalue weighted by Gasteiger charge is -2.03. The molecule has 1 aromatic carbocycles. The minimum Gasteiger partial charge on any atom is -0.288 e. The molecule has 12 heteroatoms. The van der Waals surface area contributed by atoms with Gasteiger partial charge in [-0.05, 0) is 33.6 Å². The third-order valence-corrected chi connectivity index (χ3v) is 4.50. The van der Waals surface area contributed by atoms with E-state index in [-0.39, 0.29) is 11.6 Å². The van der Waals surface area contributed by atoms with Gasteiger partial charge in [-0.1, -0.05) is 23.7 Å². The smallest absolute Gasteiger partial charge is 0.288 e. The molecule has 0 saturated carbocycles. The topological polar surface area (TPSA) is 77.6 Å². The second-order valence-electron chi connectivity index (χ2n) is 5.48. The molecule has 0 bridgehead atoms. The van der Waals surface area contributed by atoms with Crippen molar-refractivity contribution in [2.75, 3.05) is 5.32 Å². The van der Waals surface area contributed by atoms with Gasteiger partial charge < -0.3 is 0 Å². The summed E-state index contributed by atoms with van der Waals surface area (Å²) in [5, 5.41) is 10.4. The Bertz CT molecular complexity index is 983. The first-order valence-corrected chi connectivity index (χ1v) is 8.57. The number of nitrogens with one attached hydrogen (secondary N) is 1. The van der Waals surface area contributed by atoms with Gasteiger partial charge in [0.1, 0.15) is 12.0 Å². The fourth-order valence-corrected chi connectivity index (χ4v) is 3.16. The molecule has 0 aliphatic rings. The maximum atomic E-state index is 12.9. The van der Waals surface area contributed by atoms with Crippen LogP contribution in [0.25, 0.3) is 0 Å². The highest BCUT2D eigenvalue weighted by Crippen LogP contribution is 2.35. The van der Waals surface area contributed by atoms with E-state index in [1.54, 1.807) is 12.1 Å². The average molecular weight is 464 g/mol. The number of anilines is 1. The molecule has 27 heavy (non-hydrogen) atoms. The number of aromatic nitrogens is 5. The largest absolute Gasteiger partial charge is 0.436 e. The minimum absolute atomic E-state index is 0.0457. The maximum Gasteiger partial charge on any atom is 0.436 e. The molecular formula is C15H11BrClF3N6O. The predicted octanol–water partition coefficient (Wildman–Crippen LogP) is 3.75. The van der Waals surface area contributed by atoms with Crippen molar-refractivity contribution in [1.29, 1.82) is 0 Å². The van der Waals surface area contributed by atoms with Crippen LogP contribution in [0, 0.1) is 0 Å². The summed E-state index contributed by atoms with van der Waals surface area (Å²) in [6.45, 7) is 0.383. The van der Waals surface area contributed by atoms with Crippen LogP contribution >= 0.6 is 27.5 Å². The van der Waals surface area contributed by atoms with Crippen LogP contribution < -0.4 is 5.32 Å². The van der Waals surface area contributed by atoms with E-state index in [2.05, 4.69) is 36.4 Å². The first-order valence-electron chi connectivity index (χ1n) is 7.40. The van der Waals surface area contributed by atoms with Gasteiger partial charge in [0.15, 0.2) is 5.69 Å². The Morgan fingerprint density at radius 1 is 1.26 bits per heavy atom. The van der Waals surface area contributed by atoms with Crippen molar-refractivity contribution in [1.82, 2.24) is 24.5 Å². The number of nitrogens with zero attached hydrogens (tertiary/aromatic N) is 5. The summed E-state index contributed by atoms with van der Waals surface area (Å²) in [6.07, 6.45) is -3.29. The molecule has 2 heterocycles. The molecule has 3 rings (SSSR count). The SMILES string of the molecule is Cn1nc(C(F)(F)F)c(Br)c1C(=O)Nc1ncn(Cc2ccc(Cl)cc2)n1. The molecule has 0 spiro atoms. The first kappa shape index (κ1) is 19.4. The molecule has 0 radical (unpaired) electrons. The number of amides is 1. The van der Waals surface area contributed by atoms with E-state index in [4.69, 9.17) is 11.6 Å². The molecular weight excluding hydrogens is 453 g/mol. The van der Waals surface area contributed by atoms with Crippen LogP contribution in [0.2, 0.25) is 5.02 Å². The fraction of sp³-hybridized carbons (Fsp3) is 0.200. The number of carbonyl (C=O) groups excluding carboxylic acids is 1. The van der Waals surface area contributed by atoms with Gasteiger partial charge in [-0.2, -0.15) is 18.3 Å². The van der Waals surface area contributed by atoms with Gasteiger partial charge in [-0.25, -0.2) is 9.67 Å². The summed E-state index contributed by atoms with van der Waals surface area (Å²) < 4.78 is 40.5. The Labute approximate surface area is 164 Å². The maximum absolute atomic E-state index is 12.9. The highest BCUT2D eigenvalue weighted by Gasteiger charge is 2.39. The molecule has 142 valence electrons. The van der Waals surface area contributed by atoms with Crippen molar-refractivity contribution in [2.45, 2.75) is 12.7 Å². The van der Waals surface area contributed by atoms with E-state index >= 15 is 0 Å². The van der Waals surface area contributed by atoms with Crippen LogP contribution in [0.5, 0.6) is 0 Å². The standard InChI is InChI=1S/C15H11BrClF3N6O/c1-25-11(10(16)12(23-25)15(18,19)20)13(27)22-14-21-7-26(24-14)6-8-2-4-9(17)5-3-8/h2-5,7H,6H2,1H3,(H,22,24,27). The number of halogens is 5. The quantitative estimate of drug-likeness (QED) is 0.639. The highest BCUT2D eigenvalue weighted by atomic mass is 79.9. The van der Waals surface area contributed by atoms with Crippen LogP contribution in [0.4, 0.5) is 19.1 Å². The highest BCUT2D eigenvalue weighted by molar-refractivity contribution is 9.10. The lowest BCUT2D eigenvalue weighted by atomic mass is 10.2. The number of hydrogen-bond donors (Lipinski definition) is 1. The first-order chi connectivity index (χ1) is 12.6. The molecule has 0 unspecified atom stereocenters. The molecule has 0 fully saturated rings. The van der Waals surface area contributed by atoms with Gasteiger partial charge in [0.05, 0.1) is 11.0 Å². The third-order valence-electron chi connectivity index (χ3n) is 3.49. The molecule has 0 aliphatic heterocycles. The molecule has 2 aromatic heterocycles. The molecule has 3 aromatic rings. The zero-order valence-corrected chi connectivity index (χ0v) is 16.0. The van der Waals surface area contributed by atoms with Crippen LogP contribution in [0.3, 0.4) is 0 Å². The Hall–Kier alpha value is -2.40. The number of carbonyl (C=O) groups is 1. The third kappa shape index (κ3) is 4.30. The van der Waals surface area contributed by atoms with E-state index in [1.165, 1.54) is 18.1 Å². The van der Waals surface area contributed by atoms with Gasteiger partial charge in [0.25, 0.3) is 5.91 Å². The number of rotatable bonds is 4. The molecule has 0 aliphatic carbocycles. The van der Waals surface area contributed by atoms with Crippen LogP contribution in [-0.2, 0) is 19.8 Å². The minimum atomic E-state index is -4.69. The summed E-state index contributed by atoms with van der Waals surface area (Å²) in [5.41, 5.74) is -0.570. The van der Waals surface area contributed by atoms with E-state index < -0.39 is 22.3 Å². The zero-order valence-electron chi connectivity index (χ0n) is 13.6. The van der Waals surface area contributed by atoms with Crippen molar-refractivity contribution < 1.29 is 18.0 Å². The molecule has 1 N–H and O–H groups in total. The number of benzene rings is 1. The van der Waals surface area contributed by atoms with Gasteiger partial charge in [-0.3, -0.25) is 14.8 Å². The summed E-state index contributed by atoms with van der Waals surface area (Å²) >= 11 is 8.61. The van der Waals surface area contributed by atoms with E-state index in [0.29, 0.717) is 11.6 Å². The summed E-state index contributed by atoms with van der Waals surface area (Å²) in [7, 11) is 1.24. The number of alkyl halides is 3. The number of hydrogen-bond acceptors (Lipinski definition) is 4. The summed E-state index contributed by atoms with van der Waals surface area (Å²) in [5.74, 6) is -0.868. The second kappa shape index (κ2) is 7.31. The van der Waals surface area contributed by atoms with E-state index in [0.717, 1.165) is 10.2 Å². The lowest BCUT2D eigenvalue weighted by molar-refractivity contribution is -0.142. The van der Waals surface area contributed by atoms with Crippen LogP contribution in [-0.4, -0.2) is 30.5 Å². The Morgan fingerprint density at radius 2 is 1.93 bits per heavy atom. The monoisotopic (exact) mass is 462 g/mol. The van der Waals surface area contributed by atoms with Crippen molar-refractivity contribution >= 4 is 39.4 Å². The Morgan fingerprint density at radius 3 is 2.52 bits per heavy atom. The molecule has 7 nitrogen and oxygen atoms in total. The molecule has 0 saturated heterocycles. The normalized spacial score (nSPS) is 11.6. The predicted molar refractivity (Wildman–Crippen MR) is 94.4 cm³/mol. The Balaban J connectivity index is 1.75. The lowest BCUT2D eigenvalue weighted by Crippen LogP contribution is -2.17. The average Bonchev–Trinajstić information content (AvgIpc) is 3.13. The number of aryl methyl sites for hydroxylation is 1. The van der Waals surface area contributed by atoms with Crippen LogP contribution in [0.1, 0.15) is 21.7 Å². The molecule has 1 amide bonds. The summed E-state index contributed by atoms with van der Waals surface area (Å²) in [4.78, 5) is 16.3. The Kier molecular flexibility index (Phi) is 5.24. The van der Waals surface area contributed by atoms with Gasteiger partial charge in [-0.15, -0.1) is 5.10 Å². The van der Waals surface area contributed by atoms with Crippen molar-refractivity contribution in [2.24, 2.45) is 7.05 Å². The van der Waals surface area contributed by atoms with Crippen LogP contribution in [0.15, 0.2) is 35.1 Å². The van der Waals surface area contributed by atoms with Crippen molar-refractivity contribution in [3.8, 4) is 0 Å². The van der Waals surface area contributed by atoms with Crippen molar-refractivity contribution in [3.63, 3.8) is 0 Å². The molecule has 0 atom stereocenters. The fourth-order valence-electron chi connectivity index (χ4n) is 2.29. The summed E-state index contributed by atoms with van der Waals surface area (Å²) in [6, 6.07) is 7.09. The van der Waals surface area contributed by atoms with Gasteiger partial charge in [0, 0.05) is 12.1 Å². The van der Waals surface area contributed by atoms with E-state index in [1.807, 2.05) is 12.1 Å². The zero-order chi connectivity index (χ0) is 19.8. The van der Waals surface area contributed by atoms with Crippen molar-refractivity contribution in [3.05, 3.63) is 57.0 Å². The second-order valence-corrected chi connectivity index (χ2v) is 6.71. The van der Waals surface area contributed by atoms with E-state index in [9.17, 15) is 18.0 Å². The van der Waals surface area contributed by atoms with Gasteiger partial charge >= 0.3 is 6.18 Å². The van der Waals surface area contributed by atoms with Gasteiger partial charge in [0.2, 0.25) is 5.95 Å².